The Morgan fingerprint density at radius 2 is 1.72 bits per heavy atom. The molecule has 1 saturated carbocycles. The number of rotatable bonds is 1. The minimum atomic E-state index is -0.263. The van der Waals surface area contributed by atoms with Crippen LogP contribution in [0.2, 0.25) is 0 Å². The van der Waals surface area contributed by atoms with E-state index in [-0.39, 0.29) is 11.4 Å². The zero-order valence-electron chi connectivity index (χ0n) is 10.4. The second-order valence-corrected chi connectivity index (χ2v) is 5.25. The van der Waals surface area contributed by atoms with Crippen LogP contribution in [0.15, 0.2) is 36.0 Å². The van der Waals surface area contributed by atoms with Gasteiger partial charge >= 0.3 is 0 Å². The maximum atomic E-state index is 12.2. The summed E-state index contributed by atoms with van der Waals surface area (Å²) in [4.78, 5) is 12.2. The summed E-state index contributed by atoms with van der Waals surface area (Å²) in [7, 11) is 0. The molecule has 2 aliphatic rings. The molecule has 1 aromatic rings. The zero-order valence-corrected chi connectivity index (χ0v) is 10.4. The molecule has 18 heavy (non-hydrogen) atoms. The van der Waals surface area contributed by atoms with E-state index in [1.165, 1.54) is 6.42 Å². The van der Waals surface area contributed by atoms with E-state index in [0.717, 1.165) is 36.9 Å². The number of benzene rings is 1. The van der Waals surface area contributed by atoms with E-state index < -0.39 is 0 Å². The normalized spacial score (nSPS) is 22.3. The lowest BCUT2D eigenvalue weighted by Crippen LogP contribution is -2.47. The number of nitrogens with one attached hydrogen (secondary N) is 1. The van der Waals surface area contributed by atoms with Gasteiger partial charge in [-0.3, -0.25) is 4.79 Å². The van der Waals surface area contributed by atoms with E-state index in [2.05, 4.69) is 5.32 Å². The van der Waals surface area contributed by atoms with Crippen LogP contribution in [0.25, 0.3) is 5.57 Å². The van der Waals surface area contributed by atoms with E-state index in [4.69, 9.17) is 5.73 Å². The van der Waals surface area contributed by atoms with Gasteiger partial charge in [0.05, 0.1) is 11.1 Å². The van der Waals surface area contributed by atoms with Crippen molar-refractivity contribution in [2.75, 3.05) is 0 Å². The highest BCUT2D eigenvalue weighted by Crippen LogP contribution is 2.39. The third-order valence-corrected chi connectivity index (χ3v) is 4.13. The van der Waals surface area contributed by atoms with Crippen LogP contribution in [0, 0.1) is 0 Å². The summed E-state index contributed by atoms with van der Waals surface area (Å²) >= 11 is 0. The molecule has 0 bridgehead atoms. The standard InChI is InChI=1S/C15H18N2O/c16-13-12(11-7-3-1-4-8-11)14(18)17-15(13)9-5-2-6-10-15/h1,3-4,7-8H,2,5-6,9-10,16H2,(H,17,18). The molecule has 1 amide bonds. The van der Waals surface area contributed by atoms with Gasteiger partial charge in [-0.2, -0.15) is 0 Å². The van der Waals surface area contributed by atoms with Crippen molar-refractivity contribution in [3.8, 4) is 0 Å². The summed E-state index contributed by atoms with van der Waals surface area (Å²) in [6, 6.07) is 9.72. The van der Waals surface area contributed by atoms with Crippen molar-refractivity contribution < 1.29 is 4.79 Å². The van der Waals surface area contributed by atoms with Crippen LogP contribution in [0.1, 0.15) is 37.7 Å². The summed E-state index contributed by atoms with van der Waals surface area (Å²) in [6.45, 7) is 0. The first-order chi connectivity index (χ1) is 8.73. The van der Waals surface area contributed by atoms with Gasteiger partial charge in [0.1, 0.15) is 0 Å². The van der Waals surface area contributed by atoms with Gasteiger partial charge in [-0.15, -0.1) is 0 Å². The SMILES string of the molecule is NC1=C(c2ccccc2)C(=O)NC12CCCCC2. The largest absolute Gasteiger partial charge is 0.399 e. The molecule has 0 unspecified atom stereocenters. The molecule has 1 fully saturated rings. The molecule has 1 heterocycles. The lowest BCUT2D eigenvalue weighted by Gasteiger charge is -2.34. The van der Waals surface area contributed by atoms with E-state index in [1.54, 1.807) is 0 Å². The van der Waals surface area contributed by atoms with Crippen molar-refractivity contribution in [1.82, 2.24) is 5.32 Å². The molecule has 94 valence electrons. The monoisotopic (exact) mass is 242 g/mol. The Hall–Kier alpha value is -1.77. The van der Waals surface area contributed by atoms with Crippen LogP contribution in [-0.2, 0) is 4.79 Å². The number of carbonyl (C=O) groups is 1. The van der Waals surface area contributed by atoms with Crippen molar-refractivity contribution >= 4 is 11.5 Å². The molecular formula is C15H18N2O. The topological polar surface area (TPSA) is 55.1 Å². The van der Waals surface area contributed by atoms with Gasteiger partial charge in [0.15, 0.2) is 0 Å². The van der Waals surface area contributed by atoms with Crippen LogP contribution in [0.5, 0.6) is 0 Å². The van der Waals surface area contributed by atoms with Gasteiger partial charge in [0, 0.05) is 5.70 Å². The second-order valence-electron chi connectivity index (χ2n) is 5.25. The Morgan fingerprint density at radius 1 is 1.06 bits per heavy atom. The number of nitrogens with two attached hydrogens (primary N) is 1. The van der Waals surface area contributed by atoms with E-state index >= 15 is 0 Å². The van der Waals surface area contributed by atoms with E-state index in [9.17, 15) is 4.79 Å². The smallest absolute Gasteiger partial charge is 0.254 e. The maximum absolute atomic E-state index is 12.2. The van der Waals surface area contributed by atoms with E-state index in [1.807, 2.05) is 30.3 Å². The highest BCUT2D eigenvalue weighted by Gasteiger charge is 2.44. The molecule has 3 rings (SSSR count). The van der Waals surface area contributed by atoms with Crippen LogP contribution < -0.4 is 11.1 Å². The second kappa shape index (κ2) is 4.16. The number of hydrogen-bond donors (Lipinski definition) is 2. The van der Waals surface area contributed by atoms with Crippen molar-refractivity contribution in [3.63, 3.8) is 0 Å². The van der Waals surface area contributed by atoms with Gasteiger partial charge in [-0.25, -0.2) is 0 Å². The lowest BCUT2D eigenvalue weighted by atomic mass is 9.80. The van der Waals surface area contributed by atoms with Crippen molar-refractivity contribution in [2.24, 2.45) is 5.73 Å². The quantitative estimate of drug-likeness (QED) is 0.793. The molecule has 1 aliphatic heterocycles. The Labute approximate surface area is 107 Å². The first-order valence-corrected chi connectivity index (χ1v) is 6.61. The van der Waals surface area contributed by atoms with Gasteiger partial charge in [0.2, 0.25) is 0 Å². The molecule has 0 saturated heterocycles. The zero-order chi connectivity index (χ0) is 12.6. The molecule has 0 aromatic heterocycles. The molecule has 1 spiro atoms. The van der Waals surface area contributed by atoms with Crippen molar-refractivity contribution in [2.45, 2.75) is 37.6 Å². The summed E-state index contributed by atoms with van der Waals surface area (Å²) < 4.78 is 0. The fourth-order valence-corrected chi connectivity index (χ4v) is 3.15. The third kappa shape index (κ3) is 1.62. The Morgan fingerprint density at radius 3 is 2.39 bits per heavy atom. The minimum Gasteiger partial charge on any atom is -0.399 e. The van der Waals surface area contributed by atoms with Crippen LogP contribution in [-0.4, -0.2) is 11.4 Å². The van der Waals surface area contributed by atoms with Gasteiger partial charge < -0.3 is 11.1 Å². The fraction of sp³-hybridized carbons (Fsp3) is 0.400. The summed E-state index contributed by atoms with van der Waals surface area (Å²) in [5, 5.41) is 3.13. The number of carbonyl (C=O) groups excluding carboxylic acids is 1. The predicted octanol–water partition coefficient (Wildman–Crippen LogP) is 2.19. The molecule has 1 aromatic carbocycles. The Bertz CT molecular complexity index is 498. The van der Waals surface area contributed by atoms with Gasteiger partial charge in [-0.05, 0) is 18.4 Å². The highest BCUT2D eigenvalue weighted by atomic mass is 16.2. The summed E-state index contributed by atoms with van der Waals surface area (Å²) in [6.07, 6.45) is 5.47. The average Bonchev–Trinajstić information content (AvgIpc) is 2.63. The first-order valence-electron chi connectivity index (χ1n) is 6.61. The lowest BCUT2D eigenvalue weighted by molar-refractivity contribution is -0.116. The Balaban J connectivity index is 2.05. The summed E-state index contributed by atoms with van der Waals surface area (Å²) in [5.74, 6) is -0.0133. The van der Waals surface area contributed by atoms with Crippen molar-refractivity contribution in [3.05, 3.63) is 41.6 Å². The van der Waals surface area contributed by atoms with Gasteiger partial charge in [-0.1, -0.05) is 49.6 Å². The van der Waals surface area contributed by atoms with E-state index in [0.29, 0.717) is 5.57 Å². The fourth-order valence-electron chi connectivity index (χ4n) is 3.15. The molecule has 3 N–H and O–H groups in total. The molecular weight excluding hydrogens is 224 g/mol. The molecule has 3 heteroatoms. The van der Waals surface area contributed by atoms with Crippen LogP contribution >= 0.6 is 0 Å². The third-order valence-electron chi connectivity index (χ3n) is 4.13. The van der Waals surface area contributed by atoms with Crippen molar-refractivity contribution in [1.29, 1.82) is 0 Å². The average molecular weight is 242 g/mol. The molecule has 3 nitrogen and oxygen atoms in total. The molecule has 0 radical (unpaired) electrons. The first kappa shape index (κ1) is 11.3. The predicted molar refractivity (Wildman–Crippen MR) is 71.5 cm³/mol. The van der Waals surface area contributed by atoms with Crippen LogP contribution in [0.4, 0.5) is 0 Å². The van der Waals surface area contributed by atoms with Crippen LogP contribution in [0.3, 0.4) is 0 Å². The summed E-state index contributed by atoms with van der Waals surface area (Å²) in [5.41, 5.74) is 8.40. The number of amides is 1. The number of hydrogen-bond acceptors (Lipinski definition) is 2. The molecule has 0 atom stereocenters. The molecule has 1 aliphatic carbocycles. The minimum absolute atomic E-state index is 0.0133. The van der Waals surface area contributed by atoms with Gasteiger partial charge in [0.25, 0.3) is 5.91 Å². The maximum Gasteiger partial charge on any atom is 0.254 e. The highest BCUT2D eigenvalue weighted by molar-refractivity contribution is 6.23. The Kier molecular flexibility index (Phi) is 2.62.